The lowest BCUT2D eigenvalue weighted by molar-refractivity contribution is 0.0999. The number of carbonyl (C=O) groups is 1. The topological polar surface area (TPSA) is 48.0 Å². The molecule has 3 rings (SSSR count). The van der Waals surface area contributed by atoms with Crippen molar-refractivity contribution in [2.45, 2.75) is 40.7 Å². The Morgan fingerprint density at radius 1 is 0.923 bits per heavy atom. The molecule has 0 saturated carbocycles. The van der Waals surface area contributed by atoms with E-state index in [1.54, 1.807) is 0 Å². The average molecular weight is 346 g/mol. The summed E-state index contributed by atoms with van der Waals surface area (Å²) in [5.74, 6) is -0.373. The average Bonchev–Trinajstić information content (AvgIpc) is 2.91. The Balaban J connectivity index is 2.02. The van der Waals surface area contributed by atoms with Crippen LogP contribution in [0.5, 0.6) is 0 Å². The largest absolute Gasteiger partial charge is 0.366 e. The molecule has 0 aliphatic carbocycles. The van der Waals surface area contributed by atoms with Crippen molar-refractivity contribution in [2.75, 3.05) is 0 Å². The van der Waals surface area contributed by atoms with Gasteiger partial charge in [0.1, 0.15) is 0 Å². The molecule has 2 aromatic carbocycles. The number of hydrogen-bond acceptors (Lipinski definition) is 1. The molecule has 0 radical (unpaired) electrons. The Bertz CT molecular complexity index is 949. The third-order valence-corrected chi connectivity index (χ3v) is 5.03. The van der Waals surface area contributed by atoms with E-state index in [0.717, 1.165) is 29.9 Å². The van der Waals surface area contributed by atoms with Crippen molar-refractivity contribution in [2.24, 2.45) is 5.73 Å². The summed E-state index contributed by atoms with van der Waals surface area (Å²) in [6, 6.07) is 17.0. The van der Waals surface area contributed by atoms with Crippen LogP contribution in [0.4, 0.5) is 0 Å². The maximum Gasteiger partial charge on any atom is 0.250 e. The number of aromatic nitrogens is 1. The quantitative estimate of drug-likeness (QED) is 0.713. The van der Waals surface area contributed by atoms with Gasteiger partial charge in [0.15, 0.2) is 0 Å². The van der Waals surface area contributed by atoms with Gasteiger partial charge < -0.3 is 10.3 Å². The molecule has 0 saturated heterocycles. The van der Waals surface area contributed by atoms with Crippen LogP contribution in [0.15, 0.2) is 48.5 Å². The molecule has 3 aromatic rings. The van der Waals surface area contributed by atoms with E-state index in [-0.39, 0.29) is 5.91 Å². The van der Waals surface area contributed by atoms with Crippen LogP contribution in [-0.4, -0.2) is 10.5 Å². The Labute approximate surface area is 155 Å². The highest BCUT2D eigenvalue weighted by Gasteiger charge is 2.17. The van der Waals surface area contributed by atoms with Gasteiger partial charge in [-0.05, 0) is 51.3 Å². The number of amides is 1. The Kier molecular flexibility index (Phi) is 4.99. The highest BCUT2D eigenvalue weighted by molar-refractivity contribution is 5.95. The standard InChI is InChI=1S/C23H26N2O/c1-15-5-8-19(9-6-15)11-12-25-18(4)21(23(24)26)14-22(25)20-10-7-16(2)13-17(20)3/h5-10,13-14H,11-12H2,1-4H3,(H2,24,26). The highest BCUT2D eigenvalue weighted by atomic mass is 16.1. The first kappa shape index (κ1) is 18.0. The second-order valence-corrected chi connectivity index (χ2v) is 7.10. The molecule has 1 amide bonds. The smallest absolute Gasteiger partial charge is 0.250 e. The first-order valence-electron chi connectivity index (χ1n) is 9.00. The van der Waals surface area contributed by atoms with E-state index in [0.29, 0.717) is 5.56 Å². The van der Waals surface area contributed by atoms with E-state index in [2.05, 4.69) is 67.8 Å². The van der Waals surface area contributed by atoms with Gasteiger partial charge in [-0.2, -0.15) is 0 Å². The van der Waals surface area contributed by atoms with Gasteiger partial charge in [-0.15, -0.1) is 0 Å². The Hall–Kier alpha value is -2.81. The highest BCUT2D eigenvalue weighted by Crippen LogP contribution is 2.29. The van der Waals surface area contributed by atoms with E-state index < -0.39 is 0 Å². The van der Waals surface area contributed by atoms with Gasteiger partial charge in [-0.3, -0.25) is 4.79 Å². The van der Waals surface area contributed by atoms with Gasteiger partial charge in [-0.1, -0.05) is 53.6 Å². The van der Waals surface area contributed by atoms with E-state index >= 15 is 0 Å². The maximum atomic E-state index is 11.9. The fourth-order valence-corrected chi connectivity index (χ4v) is 3.50. The van der Waals surface area contributed by atoms with Gasteiger partial charge >= 0.3 is 0 Å². The van der Waals surface area contributed by atoms with Crippen LogP contribution in [0.2, 0.25) is 0 Å². The monoisotopic (exact) mass is 346 g/mol. The molecule has 2 N–H and O–H groups in total. The molecule has 0 bridgehead atoms. The van der Waals surface area contributed by atoms with Crippen LogP contribution < -0.4 is 5.73 Å². The fourth-order valence-electron chi connectivity index (χ4n) is 3.50. The van der Waals surface area contributed by atoms with Crippen LogP contribution >= 0.6 is 0 Å². The lowest BCUT2D eigenvalue weighted by Crippen LogP contribution is -2.13. The van der Waals surface area contributed by atoms with Crippen LogP contribution in [0, 0.1) is 27.7 Å². The predicted octanol–water partition coefficient (Wildman–Crippen LogP) is 4.73. The van der Waals surface area contributed by atoms with Crippen molar-refractivity contribution in [3.05, 3.63) is 82.0 Å². The van der Waals surface area contributed by atoms with Crippen LogP contribution in [0.1, 0.15) is 38.3 Å². The molecule has 134 valence electrons. The summed E-state index contributed by atoms with van der Waals surface area (Å²) in [6.45, 7) is 9.08. The van der Waals surface area contributed by atoms with E-state index in [1.807, 2.05) is 13.0 Å². The van der Waals surface area contributed by atoms with Gasteiger partial charge in [0, 0.05) is 23.5 Å². The summed E-state index contributed by atoms with van der Waals surface area (Å²) in [6.07, 6.45) is 0.909. The number of carbonyl (C=O) groups excluding carboxylic acids is 1. The summed E-state index contributed by atoms with van der Waals surface area (Å²) >= 11 is 0. The van der Waals surface area contributed by atoms with Gasteiger partial charge in [0.25, 0.3) is 5.91 Å². The van der Waals surface area contributed by atoms with E-state index in [1.165, 1.54) is 22.3 Å². The first-order chi connectivity index (χ1) is 12.4. The van der Waals surface area contributed by atoms with Gasteiger partial charge in [0.2, 0.25) is 0 Å². The minimum absolute atomic E-state index is 0.373. The zero-order valence-electron chi connectivity index (χ0n) is 16.0. The minimum Gasteiger partial charge on any atom is -0.366 e. The van der Waals surface area contributed by atoms with Crippen LogP contribution in [0.25, 0.3) is 11.3 Å². The summed E-state index contributed by atoms with van der Waals surface area (Å²) in [4.78, 5) is 11.9. The number of rotatable bonds is 5. The molecule has 0 aliphatic rings. The van der Waals surface area contributed by atoms with Crippen molar-refractivity contribution < 1.29 is 4.79 Å². The lowest BCUT2D eigenvalue weighted by Gasteiger charge is -2.14. The lowest BCUT2D eigenvalue weighted by atomic mass is 10.0. The zero-order chi connectivity index (χ0) is 18.8. The van der Waals surface area contributed by atoms with E-state index in [9.17, 15) is 4.79 Å². The Morgan fingerprint density at radius 3 is 2.19 bits per heavy atom. The second kappa shape index (κ2) is 7.20. The molecule has 0 unspecified atom stereocenters. The third-order valence-electron chi connectivity index (χ3n) is 5.03. The van der Waals surface area contributed by atoms with Crippen molar-refractivity contribution in [1.29, 1.82) is 0 Å². The molecule has 3 heteroatoms. The Morgan fingerprint density at radius 2 is 1.58 bits per heavy atom. The molecule has 0 spiro atoms. The zero-order valence-corrected chi connectivity index (χ0v) is 16.0. The number of aryl methyl sites for hydroxylation is 4. The molecular formula is C23H26N2O. The number of hydrogen-bond donors (Lipinski definition) is 1. The molecular weight excluding hydrogens is 320 g/mol. The van der Waals surface area contributed by atoms with Crippen molar-refractivity contribution >= 4 is 5.91 Å². The molecule has 0 aliphatic heterocycles. The van der Waals surface area contributed by atoms with Crippen molar-refractivity contribution in [1.82, 2.24) is 4.57 Å². The van der Waals surface area contributed by atoms with Gasteiger partial charge in [-0.25, -0.2) is 0 Å². The van der Waals surface area contributed by atoms with Gasteiger partial charge in [0.05, 0.1) is 5.56 Å². The fraction of sp³-hybridized carbons (Fsp3) is 0.261. The van der Waals surface area contributed by atoms with Crippen molar-refractivity contribution in [3.8, 4) is 11.3 Å². The number of benzene rings is 2. The van der Waals surface area contributed by atoms with E-state index in [4.69, 9.17) is 5.73 Å². The number of nitrogens with two attached hydrogens (primary N) is 1. The van der Waals surface area contributed by atoms with Crippen molar-refractivity contribution in [3.63, 3.8) is 0 Å². The molecule has 0 fully saturated rings. The summed E-state index contributed by atoms with van der Waals surface area (Å²) < 4.78 is 2.22. The molecule has 26 heavy (non-hydrogen) atoms. The molecule has 0 atom stereocenters. The molecule has 3 nitrogen and oxygen atoms in total. The van der Waals surface area contributed by atoms with Crippen LogP contribution in [-0.2, 0) is 13.0 Å². The number of primary amides is 1. The minimum atomic E-state index is -0.373. The molecule has 1 heterocycles. The maximum absolute atomic E-state index is 11.9. The third kappa shape index (κ3) is 3.57. The first-order valence-corrected chi connectivity index (χ1v) is 9.00. The number of nitrogens with zero attached hydrogens (tertiary/aromatic N) is 1. The normalized spacial score (nSPS) is 10.9. The summed E-state index contributed by atoms with van der Waals surface area (Å²) in [5.41, 5.74) is 14.3. The summed E-state index contributed by atoms with van der Waals surface area (Å²) in [7, 11) is 0. The second-order valence-electron chi connectivity index (χ2n) is 7.10. The van der Waals surface area contributed by atoms with Crippen LogP contribution in [0.3, 0.4) is 0 Å². The SMILES string of the molecule is Cc1ccc(CCn2c(-c3ccc(C)cc3C)cc(C(N)=O)c2C)cc1. The predicted molar refractivity (Wildman–Crippen MR) is 107 cm³/mol. The molecule has 1 aromatic heterocycles. The summed E-state index contributed by atoms with van der Waals surface area (Å²) in [5, 5.41) is 0.